The average Bonchev–Trinajstić information content (AvgIpc) is 2.90. The minimum absolute atomic E-state index is 0.123. The first-order valence-corrected chi connectivity index (χ1v) is 7.00. The van der Waals surface area contributed by atoms with Crippen molar-refractivity contribution in [1.82, 2.24) is 14.6 Å². The topological polar surface area (TPSA) is 79.5 Å². The van der Waals surface area contributed by atoms with E-state index in [-0.39, 0.29) is 23.5 Å². The predicted molar refractivity (Wildman–Crippen MR) is 83.6 cm³/mol. The normalized spacial score (nSPS) is 11.0. The number of carbonyl (C=O) groups excluding carboxylic acids is 1. The molecule has 0 spiro atoms. The third kappa shape index (κ3) is 2.63. The molecule has 2 heterocycles. The fourth-order valence-electron chi connectivity index (χ4n) is 2.06. The van der Waals surface area contributed by atoms with E-state index in [1.165, 1.54) is 0 Å². The Bertz CT molecular complexity index is 822. The highest BCUT2D eigenvalue weighted by atomic mass is 16.3. The minimum atomic E-state index is -0.136. The highest BCUT2D eigenvalue weighted by Crippen LogP contribution is 2.23. The smallest absolute Gasteiger partial charge is 0.249 e. The number of anilines is 1. The summed E-state index contributed by atoms with van der Waals surface area (Å²) in [6.45, 7) is 3.63. The van der Waals surface area contributed by atoms with Gasteiger partial charge in [0, 0.05) is 11.5 Å². The molecule has 0 aliphatic carbocycles. The number of hydrogen-bond acceptors (Lipinski definition) is 4. The van der Waals surface area contributed by atoms with E-state index in [1.807, 2.05) is 32.0 Å². The van der Waals surface area contributed by atoms with Gasteiger partial charge in [-0.25, -0.2) is 4.52 Å². The summed E-state index contributed by atoms with van der Waals surface area (Å²) in [7, 11) is 0. The number of pyridine rings is 1. The molecule has 1 amide bonds. The predicted octanol–water partition coefficient (Wildman–Crippen LogP) is 2.70. The first-order chi connectivity index (χ1) is 10.5. The summed E-state index contributed by atoms with van der Waals surface area (Å²) in [4.78, 5) is 16.1. The lowest BCUT2D eigenvalue weighted by molar-refractivity contribution is -0.118. The molecule has 3 rings (SSSR count). The Morgan fingerprint density at radius 1 is 1.18 bits per heavy atom. The lowest BCUT2D eigenvalue weighted by Gasteiger charge is -2.04. The molecule has 0 unspecified atom stereocenters. The van der Waals surface area contributed by atoms with E-state index in [0.29, 0.717) is 5.65 Å². The molecule has 0 atom stereocenters. The standard InChI is InChI=1S/C16H16N4O2/c1-10(2)15(22)18-16-17-14-5-3-4-13(20(14)19-16)11-6-8-12(21)9-7-11/h3-10,21H,1-2H3,(H,18,19,22). The van der Waals surface area contributed by atoms with Crippen LogP contribution in [0.4, 0.5) is 5.95 Å². The van der Waals surface area contributed by atoms with Crippen LogP contribution in [0.2, 0.25) is 0 Å². The lowest BCUT2D eigenvalue weighted by atomic mass is 10.1. The highest BCUT2D eigenvalue weighted by molar-refractivity contribution is 5.90. The maximum Gasteiger partial charge on any atom is 0.249 e. The molecule has 0 fully saturated rings. The Balaban J connectivity index is 2.03. The summed E-state index contributed by atoms with van der Waals surface area (Å²) in [5.41, 5.74) is 2.37. The van der Waals surface area contributed by atoms with Gasteiger partial charge in [0.05, 0.1) is 5.69 Å². The zero-order valence-electron chi connectivity index (χ0n) is 12.3. The first-order valence-electron chi connectivity index (χ1n) is 7.00. The van der Waals surface area contributed by atoms with Gasteiger partial charge in [-0.2, -0.15) is 4.98 Å². The van der Waals surface area contributed by atoms with Gasteiger partial charge < -0.3 is 5.11 Å². The Morgan fingerprint density at radius 2 is 1.91 bits per heavy atom. The van der Waals surface area contributed by atoms with Gasteiger partial charge in [0.25, 0.3) is 0 Å². The van der Waals surface area contributed by atoms with E-state index in [4.69, 9.17) is 0 Å². The number of fused-ring (bicyclic) bond motifs is 1. The van der Waals surface area contributed by atoms with Gasteiger partial charge in [-0.1, -0.05) is 19.9 Å². The van der Waals surface area contributed by atoms with E-state index in [2.05, 4.69) is 15.4 Å². The highest BCUT2D eigenvalue weighted by Gasteiger charge is 2.13. The Morgan fingerprint density at radius 3 is 2.59 bits per heavy atom. The van der Waals surface area contributed by atoms with Crippen LogP contribution in [0.15, 0.2) is 42.5 Å². The van der Waals surface area contributed by atoms with Crippen LogP contribution in [-0.2, 0) is 4.79 Å². The maximum atomic E-state index is 11.8. The van der Waals surface area contributed by atoms with E-state index in [9.17, 15) is 9.90 Å². The van der Waals surface area contributed by atoms with Crippen molar-refractivity contribution in [3.63, 3.8) is 0 Å². The van der Waals surface area contributed by atoms with E-state index >= 15 is 0 Å². The van der Waals surface area contributed by atoms with Gasteiger partial charge in [0.2, 0.25) is 11.9 Å². The summed E-state index contributed by atoms with van der Waals surface area (Å²) in [5.74, 6) is 0.231. The molecule has 22 heavy (non-hydrogen) atoms. The second-order valence-electron chi connectivity index (χ2n) is 5.31. The van der Waals surface area contributed by atoms with Crippen LogP contribution < -0.4 is 5.32 Å². The molecule has 2 N–H and O–H groups in total. The fraction of sp³-hybridized carbons (Fsp3) is 0.188. The van der Waals surface area contributed by atoms with Gasteiger partial charge in [-0.05, 0) is 36.4 Å². The first kappa shape index (κ1) is 14.1. The quantitative estimate of drug-likeness (QED) is 0.779. The Labute approximate surface area is 127 Å². The van der Waals surface area contributed by atoms with Crippen molar-refractivity contribution < 1.29 is 9.90 Å². The molecule has 0 saturated heterocycles. The number of aromatic hydroxyl groups is 1. The van der Waals surface area contributed by atoms with Crippen molar-refractivity contribution in [2.24, 2.45) is 5.92 Å². The molecule has 1 aromatic carbocycles. The van der Waals surface area contributed by atoms with Gasteiger partial charge in [0.15, 0.2) is 5.65 Å². The van der Waals surface area contributed by atoms with E-state index in [0.717, 1.165) is 11.3 Å². The molecule has 3 aromatic rings. The largest absolute Gasteiger partial charge is 0.508 e. The van der Waals surface area contributed by atoms with Crippen LogP contribution in [0, 0.1) is 5.92 Å². The number of aromatic nitrogens is 3. The number of rotatable bonds is 3. The minimum Gasteiger partial charge on any atom is -0.508 e. The van der Waals surface area contributed by atoms with E-state index in [1.54, 1.807) is 28.8 Å². The molecular weight excluding hydrogens is 280 g/mol. The van der Waals surface area contributed by atoms with Crippen molar-refractivity contribution in [3.8, 4) is 17.0 Å². The monoisotopic (exact) mass is 296 g/mol. The summed E-state index contributed by atoms with van der Waals surface area (Å²) in [5, 5.41) is 16.4. The second kappa shape index (κ2) is 5.48. The number of nitrogens with zero attached hydrogens (tertiary/aromatic N) is 3. The summed E-state index contributed by atoms with van der Waals surface area (Å²) in [6.07, 6.45) is 0. The molecule has 0 aliphatic heterocycles. The molecule has 2 aromatic heterocycles. The number of carbonyl (C=O) groups is 1. The Hall–Kier alpha value is -2.89. The summed E-state index contributed by atoms with van der Waals surface area (Å²) < 4.78 is 1.67. The van der Waals surface area contributed by atoms with Crippen LogP contribution in [0.3, 0.4) is 0 Å². The molecule has 112 valence electrons. The third-order valence-electron chi connectivity index (χ3n) is 3.28. The molecule has 0 saturated carbocycles. The zero-order chi connectivity index (χ0) is 15.7. The summed E-state index contributed by atoms with van der Waals surface area (Å²) >= 11 is 0. The van der Waals surface area contributed by atoms with Crippen LogP contribution in [0.25, 0.3) is 16.9 Å². The zero-order valence-corrected chi connectivity index (χ0v) is 12.3. The molecule has 6 heteroatoms. The van der Waals surface area contributed by atoms with Crippen LogP contribution >= 0.6 is 0 Å². The van der Waals surface area contributed by atoms with Gasteiger partial charge >= 0.3 is 0 Å². The van der Waals surface area contributed by atoms with Crippen molar-refractivity contribution in [3.05, 3.63) is 42.5 Å². The lowest BCUT2D eigenvalue weighted by Crippen LogP contribution is -2.18. The number of phenols is 1. The fourth-order valence-corrected chi connectivity index (χ4v) is 2.06. The van der Waals surface area contributed by atoms with Gasteiger partial charge in [0.1, 0.15) is 5.75 Å². The van der Waals surface area contributed by atoms with Crippen LogP contribution in [0.5, 0.6) is 5.75 Å². The average molecular weight is 296 g/mol. The van der Waals surface area contributed by atoms with Crippen molar-refractivity contribution in [1.29, 1.82) is 0 Å². The van der Waals surface area contributed by atoms with Crippen molar-refractivity contribution in [2.45, 2.75) is 13.8 Å². The second-order valence-corrected chi connectivity index (χ2v) is 5.31. The summed E-state index contributed by atoms with van der Waals surface area (Å²) in [6, 6.07) is 12.4. The van der Waals surface area contributed by atoms with Crippen molar-refractivity contribution in [2.75, 3.05) is 5.32 Å². The molecule has 0 aliphatic rings. The van der Waals surface area contributed by atoms with E-state index < -0.39 is 0 Å². The number of benzene rings is 1. The van der Waals surface area contributed by atoms with Crippen LogP contribution in [0.1, 0.15) is 13.8 Å². The molecule has 0 bridgehead atoms. The SMILES string of the molecule is CC(C)C(=O)Nc1nc2cccc(-c3ccc(O)cc3)n2n1. The number of phenolic OH excluding ortho intramolecular Hbond substituents is 1. The number of amides is 1. The van der Waals surface area contributed by atoms with Gasteiger partial charge in [-0.15, -0.1) is 5.10 Å². The molecule has 0 radical (unpaired) electrons. The number of hydrogen-bond donors (Lipinski definition) is 2. The number of nitrogens with one attached hydrogen (secondary N) is 1. The molecule has 6 nitrogen and oxygen atoms in total. The molecular formula is C16H16N4O2. The third-order valence-corrected chi connectivity index (χ3v) is 3.28. The van der Waals surface area contributed by atoms with Crippen LogP contribution in [-0.4, -0.2) is 25.6 Å². The van der Waals surface area contributed by atoms with Gasteiger partial charge in [-0.3, -0.25) is 10.1 Å². The maximum absolute atomic E-state index is 11.8. The Kier molecular flexibility index (Phi) is 3.50. The van der Waals surface area contributed by atoms with Crippen molar-refractivity contribution >= 4 is 17.5 Å².